The first kappa shape index (κ1) is 16.6. The minimum absolute atomic E-state index is 0.236. The van der Waals surface area contributed by atoms with Crippen LogP contribution >= 0.6 is 0 Å². The lowest BCUT2D eigenvalue weighted by molar-refractivity contribution is 0.0524. The van der Waals surface area contributed by atoms with Crippen LogP contribution in [0, 0.1) is 0 Å². The molecule has 1 aromatic rings. The van der Waals surface area contributed by atoms with Crippen molar-refractivity contribution in [1.82, 2.24) is 5.32 Å². The molecule has 0 aliphatic carbocycles. The number of nitrogens with zero attached hydrogens (tertiary/aromatic N) is 1. The zero-order valence-corrected chi connectivity index (χ0v) is 13.8. The third-order valence-electron chi connectivity index (χ3n) is 3.66. The van der Waals surface area contributed by atoms with Gasteiger partial charge in [0.2, 0.25) is 0 Å². The smallest absolute Gasteiger partial charge is 0.407 e. The van der Waals surface area contributed by atoms with Gasteiger partial charge in [0, 0.05) is 31.4 Å². The summed E-state index contributed by atoms with van der Waals surface area (Å²) in [6.45, 7) is 8.13. The van der Waals surface area contributed by atoms with Crippen molar-refractivity contribution >= 4 is 11.8 Å². The number of rotatable bonds is 4. The molecule has 1 atom stereocenters. The van der Waals surface area contributed by atoms with Gasteiger partial charge in [-0.3, -0.25) is 0 Å². The van der Waals surface area contributed by atoms with E-state index in [0.717, 1.165) is 18.7 Å². The van der Waals surface area contributed by atoms with Gasteiger partial charge in [0.1, 0.15) is 5.60 Å². The molecule has 1 fully saturated rings. The molecule has 1 aliphatic rings. The molecule has 0 radical (unpaired) electrons. The molecule has 0 bridgehead atoms. The van der Waals surface area contributed by atoms with Gasteiger partial charge in [0.15, 0.2) is 0 Å². The number of nitrogens with two attached hydrogens (primary N) is 1. The Bertz CT molecular complexity index is 488. The van der Waals surface area contributed by atoms with Crippen LogP contribution in [0.25, 0.3) is 0 Å². The normalized spacial score (nSPS) is 16.5. The molecular weight excluding hydrogens is 278 g/mol. The van der Waals surface area contributed by atoms with Crippen LogP contribution in [-0.2, 0) is 4.74 Å². The summed E-state index contributed by atoms with van der Waals surface area (Å²) >= 11 is 0. The number of hydrogen-bond acceptors (Lipinski definition) is 4. The van der Waals surface area contributed by atoms with Gasteiger partial charge in [-0.1, -0.05) is 12.1 Å². The fourth-order valence-corrected chi connectivity index (χ4v) is 2.53. The molecule has 22 heavy (non-hydrogen) atoms. The van der Waals surface area contributed by atoms with E-state index in [4.69, 9.17) is 10.5 Å². The molecule has 5 nitrogen and oxygen atoms in total. The molecule has 1 saturated heterocycles. The Balaban J connectivity index is 1.84. The SMILES string of the molecule is CC(C)(C)OC(=O)NCC(N)c1ccc(N2CCCC2)cc1. The molecule has 1 aliphatic heterocycles. The Hall–Kier alpha value is -1.75. The molecule has 3 N–H and O–H groups in total. The lowest BCUT2D eigenvalue weighted by Gasteiger charge is -2.21. The summed E-state index contributed by atoms with van der Waals surface area (Å²) in [5.41, 5.74) is 7.89. The third kappa shape index (κ3) is 4.91. The first-order valence-electron chi connectivity index (χ1n) is 7.92. The molecule has 1 amide bonds. The Kier molecular flexibility index (Phi) is 5.29. The van der Waals surface area contributed by atoms with E-state index < -0.39 is 11.7 Å². The number of carbonyl (C=O) groups excluding carboxylic acids is 1. The van der Waals surface area contributed by atoms with Crippen LogP contribution in [-0.4, -0.2) is 31.3 Å². The van der Waals surface area contributed by atoms with Gasteiger partial charge in [-0.15, -0.1) is 0 Å². The van der Waals surface area contributed by atoms with E-state index in [0.29, 0.717) is 6.54 Å². The van der Waals surface area contributed by atoms with Crippen molar-refractivity contribution in [3.8, 4) is 0 Å². The highest BCUT2D eigenvalue weighted by Crippen LogP contribution is 2.22. The highest BCUT2D eigenvalue weighted by Gasteiger charge is 2.17. The van der Waals surface area contributed by atoms with Crippen molar-refractivity contribution in [3.05, 3.63) is 29.8 Å². The van der Waals surface area contributed by atoms with Crippen LogP contribution in [0.2, 0.25) is 0 Å². The predicted molar refractivity (Wildman–Crippen MR) is 89.1 cm³/mol. The molecular formula is C17H27N3O2. The number of nitrogens with one attached hydrogen (secondary N) is 1. The van der Waals surface area contributed by atoms with Gasteiger partial charge in [0.25, 0.3) is 0 Å². The molecule has 122 valence electrons. The van der Waals surface area contributed by atoms with Crippen LogP contribution in [0.15, 0.2) is 24.3 Å². The second kappa shape index (κ2) is 7.01. The summed E-state index contributed by atoms with van der Waals surface area (Å²) in [5, 5.41) is 2.71. The summed E-state index contributed by atoms with van der Waals surface area (Å²) in [4.78, 5) is 14.0. The number of carbonyl (C=O) groups is 1. The standard InChI is InChI=1S/C17H27N3O2/c1-17(2,3)22-16(21)19-12-15(18)13-6-8-14(9-7-13)20-10-4-5-11-20/h6-9,15H,4-5,10-12,18H2,1-3H3,(H,19,21). The molecule has 0 aromatic heterocycles. The molecule has 0 saturated carbocycles. The molecule has 2 rings (SSSR count). The van der Waals surface area contributed by atoms with E-state index in [1.807, 2.05) is 32.9 Å². The summed E-state index contributed by atoms with van der Waals surface area (Å²) in [6.07, 6.45) is 2.10. The lowest BCUT2D eigenvalue weighted by Crippen LogP contribution is -2.36. The zero-order chi connectivity index (χ0) is 16.2. The van der Waals surface area contributed by atoms with Gasteiger partial charge in [0.05, 0.1) is 0 Å². The second-order valence-corrected chi connectivity index (χ2v) is 6.77. The fraction of sp³-hybridized carbons (Fsp3) is 0.588. The van der Waals surface area contributed by atoms with Crippen molar-refractivity contribution in [2.75, 3.05) is 24.5 Å². The van der Waals surface area contributed by atoms with Crippen molar-refractivity contribution < 1.29 is 9.53 Å². The van der Waals surface area contributed by atoms with Gasteiger partial charge in [-0.05, 0) is 51.3 Å². The van der Waals surface area contributed by atoms with Gasteiger partial charge >= 0.3 is 6.09 Å². The highest BCUT2D eigenvalue weighted by atomic mass is 16.6. The summed E-state index contributed by atoms with van der Waals surface area (Å²) in [5.74, 6) is 0. The Morgan fingerprint density at radius 1 is 1.27 bits per heavy atom. The maximum Gasteiger partial charge on any atom is 0.407 e. The second-order valence-electron chi connectivity index (χ2n) is 6.77. The number of benzene rings is 1. The van der Waals surface area contributed by atoms with E-state index in [2.05, 4.69) is 22.3 Å². The van der Waals surface area contributed by atoms with Crippen molar-refractivity contribution in [2.45, 2.75) is 45.3 Å². The maximum absolute atomic E-state index is 11.6. The molecule has 0 spiro atoms. The summed E-state index contributed by atoms with van der Waals surface area (Å²) in [6, 6.07) is 8.05. The van der Waals surface area contributed by atoms with Gasteiger partial charge in [-0.25, -0.2) is 4.79 Å². The average molecular weight is 305 g/mol. The monoisotopic (exact) mass is 305 g/mol. The van der Waals surface area contributed by atoms with E-state index in [1.54, 1.807) is 0 Å². The molecule has 1 aromatic carbocycles. The average Bonchev–Trinajstić information content (AvgIpc) is 2.97. The Morgan fingerprint density at radius 2 is 1.86 bits per heavy atom. The van der Waals surface area contributed by atoms with Crippen molar-refractivity contribution in [3.63, 3.8) is 0 Å². The molecule has 1 heterocycles. The largest absolute Gasteiger partial charge is 0.444 e. The Morgan fingerprint density at radius 3 is 2.41 bits per heavy atom. The highest BCUT2D eigenvalue weighted by molar-refractivity contribution is 5.67. The zero-order valence-electron chi connectivity index (χ0n) is 13.8. The number of amides is 1. The fourth-order valence-electron chi connectivity index (χ4n) is 2.53. The van der Waals surface area contributed by atoms with Crippen molar-refractivity contribution in [1.29, 1.82) is 0 Å². The summed E-state index contributed by atoms with van der Waals surface area (Å²) < 4.78 is 5.20. The minimum atomic E-state index is -0.494. The number of alkyl carbamates (subject to hydrolysis) is 1. The number of hydrogen-bond donors (Lipinski definition) is 2. The lowest BCUT2D eigenvalue weighted by atomic mass is 10.1. The van der Waals surface area contributed by atoms with Crippen LogP contribution in [0.5, 0.6) is 0 Å². The van der Waals surface area contributed by atoms with E-state index >= 15 is 0 Å². The molecule has 1 unspecified atom stereocenters. The molecule has 5 heteroatoms. The number of anilines is 1. The first-order valence-corrected chi connectivity index (χ1v) is 7.92. The minimum Gasteiger partial charge on any atom is -0.444 e. The van der Waals surface area contributed by atoms with Crippen LogP contribution in [0.4, 0.5) is 10.5 Å². The van der Waals surface area contributed by atoms with Crippen LogP contribution in [0.1, 0.15) is 45.2 Å². The first-order chi connectivity index (χ1) is 10.3. The van der Waals surface area contributed by atoms with Gasteiger partial charge in [-0.2, -0.15) is 0 Å². The topological polar surface area (TPSA) is 67.6 Å². The third-order valence-corrected chi connectivity index (χ3v) is 3.66. The predicted octanol–water partition coefficient (Wildman–Crippen LogP) is 2.81. The van der Waals surface area contributed by atoms with Crippen LogP contribution in [0.3, 0.4) is 0 Å². The van der Waals surface area contributed by atoms with Gasteiger partial charge < -0.3 is 20.7 Å². The number of ether oxygens (including phenoxy) is 1. The van der Waals surface area contributed by atoms with Crippen molar-refractivity contribution in [2.24, 2.45) is 5.73 Å². The quantitative estimate of drug-likeness (QED) is 0.897. The van der Waals surface area contributed by atoms with Crippen LogP contribution < -0.4 is 16.0 Å². The van der Waals surface area contributed by atoms with E-state index in [1.165, 1.54) is 18.5 Å². The Labute approximate surface area is 132 Å². The summed E-state index contributed by atoms with van der Waals surface area (Å²) in [7, 11) is 0. The van der Waals surface area contributed by atoms with E-state index in [9.17, 15) is 4.79 Å². The van der Waals surface area contributed by atoms with E-state index in [-0.39, 0.29) is 6.04 Å². The maximum atomic E-state index is 11.6.